The van der Waals surface area contributed by atoms with Gasteiger partial charge in [-0.1, -0.05) is 60.7 Å². The zero-order valence-electron chi connectivity index (χ0n) is 17.5. The molecule has 154 valence electrons. The highest BCUT2D eigenvalue weighted by Crippen LogP contribution is 2.39. The maximum Gasteiger partial charge on any atom is 0.223 e. The summed E-state index contributed by atoms with van der Waals surface area (Å²) in [7, 11) is 0. The van der Waals surface area contributed by atoms with E-state index < -0.39 is 0 Å². The van der Waals surface area contributed by atoms with E-state index in [1.54, 1.807) is 0 Å². The largest absolute Gasteiger partial charge is 0.379 e. The standard InChI is InChI=1S/C26H28N2O2/c1-20(21-7-3-2-4-8-21)28-18-26(16-25(28)29)17-27(13-14-30-19-26)24-12-11-22-9-5-6-10-23(22)15-24/h2-12,15,20H,13-14,16-19H2,1H3. The predicted molar refractivity (Wildman–Crippen MR) is 121 cm³/mol. The second-order valence-corrected chi connectivity index (χ2v) is 8.79. The molecule has 2 fully saturated rings. The van der Waals surface area contributed by atoms with E-state index in [4.69, 9.17) is 4.74 Å². The number of hydrogen-bond donors (Lipinski definition) is 0. The quantitative estimate of drug-likeness (QED) is 0.641. The lowest BCUT2D eigenvalue weighted by molar-refractivity contribution is -0.129. The highest BCUT2D eigenvalue weighted by molar-refractivity contribution is 5.86. The van der Waals surface area contributed by atoms with Gasteiger partial charge in [-0.05, 0) is 35.4 Å². The van der Waals surface area contributed by atoms with Crippen LogP contribution in [0.3, 0.4) is 0 Å². The molecule has 2 aliphatic heterocycles. The fourth-order valence-electron chi connectivity index (χ4n) is 4.98. The number of ether oxygens (including phenoxy) is 1. The van der Waals surface area contributed by atoms with Crippen molar-refractivity contribution in [2.45, 2.75) is 19.4 Å². The van der Waals surface area contributed by atoms with E-state index in [2.05, 4.69) is 66.4 Å². The molecule has 3 aromatic rings. The van der Waals surface area contributed by atoms with Crippen molar-refractivity contribution in [2.75, 3.05) is 37.7 Å². The van der Waals surface area contributed by atoms with Crippen molar-refractivity contribution < 1.29 is 9.53 Å². The monoisotopic (exact) mass is 400 g/mol. The van der Waals surface area contributed by atoms with E-state index in [0.29, 0.717) is 19.6 Å². The number of anilines is 1. The molecule has 0 aromatic heterocycles. The number of benzene rings is 3. The Morgan fingerprint density at radius 3 is 2.53 bits per heavy atom. The Morgan fingerprint density at radius 2 is 1.70 bits per heavy atom. The van der Waals surface area contributed by atoms with E-state index in [1.807, 2.05) is 23.1 Å². The molecular formula is C26H28N2O2. The highest BCUT2D eigenvalue weighted by atomic mass is 16.5. The van der Waals surface area contributed by atoms with Gasteiger partial charge in [0.1, 0.15) is 0 Å². The minimum absolute atomic E-state index is 0.0791. The van der Waals surface area contributed by atoms with Crippen LogP contribution in [0.15, 0.2) is 72.8 Å². The lowest BCUT2D eigenvalue weighted by Gasteiger charge is -2.34. The van der Waals surface area contributed by atoms with Gasteiger partial charge < -0.3 is 14.5 Å². The van der Waals surface area contributed by atoms with Gasteiger partial charge in [-0.15, -0.1) is 0 Å². The number of likely N-dealkylation sites (tertiary alicyclic amines) is 1. The third-order valence-electron chi connectivity index (χ3n) is 6.64. The summed E-state index contributed by atoms with van der Waals surface area (Å²) in [5.74, 6) is 0.232. The van der Waals surface area contributed by atoms with Gasteiger partial charge >= 0.3 is 0 Å². The fraction of sp³-hybridized carbons (Fsp3) is 0.346. The van der Waals surface area contributed by atoms with Crippen LogP contribution in [0.5, 0.6) is 0 Å². The first-order valence-corrected chi connectivity index (χ1v) is 10.8. The molecular weight excluding hydrogens is 372 g/mol. The number of hydrogen-bond acceptors (Lipinski definition) is 3. The molecule has 0 saturated carbocycles. The molecule has 1 amide bonds. The summed E-state index contributed by atoms with van der Waals surface area (Å²) in [4.78, 5) is 17.5. The molecule has 2 saturated heterocycles. The van der Waals surface area contributed by atoms with Crippen LogP contribution in [0.1, 0.15) is 24.9 Å². The third-order valence-corrected chi connectivity index (χ3v) is 6.64. The van der Waals surface area contributed by atoms with Crippen molar-refractivity contribution >= 4 is 22.4 Å². The van der Waals surface area contributed by atoms with Crippen LogP contribution in [0.2, 0.25) is 0 Å². The number of carbonyl (C=O) groups is 1. The van der Waals surface area contributed by atoms with Crippen molar-refractivity contribution in [3.63, 3.8) is 0 Å². The summed E-state index contributed by atoms with van der Waals surface area (Å²) < 4.78 is 6.03. The van der Waals surface area contributed by atoms with Crippen LogP contribution >= 0.6 is 0 Å². The van der Waals surface area contributed by atoms with Gasteiger partial charge in [-0.3, -0.25) is 4.79 Å². The van der Waals surface area contributed by atoms with Gasteiger partial charge in [-0.2, -0.15) is 0 Å². The van der Waals surface area contributed by atoms with Gasteiger partial charge in [0.25, 0.3) is 0 Å². The number of fused-ring (bicyclic) bond motifs is 1. The predicted octanol–water partition coefficient (Wildman–Crippen LogP) is 4.66. The van der Waals surface area contributed by atoms with Crippen LogP contribution in [-0.4, -0.2) is 43.7 Å². The second-order valence-electron chi connectivity index (χ2n) is 8.79. The molecule has 4 nitrogen and oxygen atoms in total. The van der Waals surface area contributed by atoms with Crippen molar-refractivity contribution in [1.82, 2.24) is 4.90 Å². The van der Waals surface area contributed by atoms with E-state index in [1.165, 1.54) is 22.0 Å². The number of nitrogens with zero attached hydrogens (tertiary/aromatic N) is 2. The molecule has 3 aromatic carbocycles. The molecule has 4 heteroatoms. The van der Waals surface area contributed by atoms with Crippen molar-refractivity contribution in [3.8, 4) is 0 Å². The third kappa shape index (κ3) is 3.56. The Hall–Kier alpha value is -2.85. The molecule has 1 spiro atoms. The second kappa shape index (κ2) is 7.77. The molecule has 2 heterocycles. The molecule has 0 radical (unpaired) electrons. The molecule has 0 bridgehead atoms. The number of rotatable bonds is 3. The van der Waals surface area contributed by atoms with E-state index >= 15 is 0 Å². The van der Waals surface area contributed by atoms with E-state index in [9.17, 15) is 4.79 Å². The van der Waals surface area contributed by atoms with E-state index in [-0.39, 0.29) is 17.4 Å². The SMILES string of the molecule is CC(c1ccccc1)N1CC2(COCCN(c3ccc4ccccc4c3)C2)CC1=O. The molecule has 30 heavy (non-hydrogen) atoms. The first-order valence-electron chi connectivity index (χ1n) is 10.8. The molecule has 5 rings (SSSR count). The van der Waals surface area contributed by atoms with Gasteiger partial charge in [-0.25, -0.2) is 0 Å². The summed E-state index contributed by atoms with van der Waals surface area (Å²) in [5.41, 5.74) is 2.23. The summed E-state index contributed by atoms with van der Waals surface area (Å²) >= 11 is 0. The Morgan fingerprint density at radius 1 is 0.933 bits per heavy atom. The van der Waals surface area contributed by atoms with E-state index in [0.717, 1.165) is 19.6 Å². The van der Waals surface area contributed by atoms with Crippen molar-refractivity contribution in [2.24, 2.45) is 5.41 Å². The van der Waals surface area contributed by atoms with Gasteiger partial charge in [0.05, 0.1) is 19.3 Å². The average Bonchev–Trinajstić information content (AvgIpc) is 2.97. The average molecular weight is 401 g/mol. The van der Waals surface area contributed by atoms with Crippen molar-refractivity contribution in [1.29, 1.82) is 0 Å². The lowest BCUT2D eigenvalue weighted by atomic mass is 9.87. The molecule has 0 aliphatic carbocycles. The molecule has 2 aliphatic rings. The highest BCUT2D eigenvalue weighted by Gasteiger charge is 2.47. The van der Waals surface area contributed by atoms with Gasteiger partial charge in [0.2, 0.25) is 5.91 Å². The summed E-state index contributed by atoms with van der Waals surface area (Å²) in [6.07, 6.45) is 0.550. The Balaban J connectivity index is 1.40. The smallest absolute Gasteiger partial charge is 0.223 e. The van der Waals surface area contributed by atoms with Crippen molar-refractivity contribution in [3.05, 3.63) is 78.4 Å². The Labute approximate surface area is 178 Å². The maximum atomic E-state index is 13.0. The summed E-state index contributed by atoms with van der Waals surface area (Å²) in [5, 5.41) is 2.50. The molecule has 2 atom stereocenters. The summed E-state index contributed by atoms with van der Waals surface area (Å²) in [6.45, 7) is 5.90. The zero-order chi connectivity index (χ0) is 20.6. The van der Waals surface area contributed by atoms with Crippen LogP contribution in [0, 0.1) is 5.41 Å². The minimum Gasteiger partial charge on any atom is -0.379 e. The Kier molecular flexibility index (Phi) is 4.95. The Bertz CT molecular complexity index is 1050. The first-order chi connectivity index (χ1) is 14.6. The van der Waals surface area contributed by atoms with Crippen LogP contribution < -0.4 is 4.90 Å². The van der Waals surface area contributed by atoms with Crippen LogP contribution in [0.25, 0.3) is 10.8 Å². The fourth-order valence-corrected chi connectivity index (χ4v) is 4.98. The van der Waals surface area contributed by atoms with Gasteiger partial charge in [0, 0.05) is 37.2 Å². The van der Waals surface area contributed by atoms with Crippen LogP contribution in [-0.2, 0) is 9.53 Å². The van der Waals surface area contributed by atoms with Gasteiger partial charge in [0.15, 0.2) is 0 Å². The normalized spacial score (nSPS) is 23.2. The number of amides is 1. The molecule has 2 unspecified atom stereocenters. The van der Waals surface area contributed by atoms with Crippen LogP contribution in [0.4, 0.5) is 5.69 Å². The minimum atomic E-state index is -0.164. The lowest BCUT2D eigenvalue weighted by Crippen LogP contribution is -2.41. The topological polar surface area (TPSA) is 32.8 Å². The molecule has 0 N–H and O–H groups in total. The first kappa shape index (κ1) is 19.1. The maximum absolute atomic E-state index is 13.0. The number of carbonyl (C=O) groups excluding carboxylic acids is 1. The zero-order valence-corrected chi connectivity index (χ0v) is 17.5. The summed E-state index contributed by atoms with van der Waals surface area (Å²) in [6, 6.07) is 25.5.